The monoisotopic (exact) mass is 471 g/mol. The molecule has 0 spiro atoms. The summed E-state index contributed by atoms with van der Waals surface area (Å²) in [6.07, 6.45) is 4.27. The van der Waals surface area contributed by atoms with Gasteiger partial charge >= 0.3 is 0 Å². The van der Waals surface area contributed by atoms with Crippen LogP contribution >= 0.6 is 12.1 Å². The predicted octanol–water partition coefficient (Wildman–Crippen LogP) is 0.880. The normalized spacial score (nSPS) is 17.7. The fraction of sp³-hybridized carbons (Fsp3) is 0.429. The van der Waals surface area contributed by atoms with Crippen LogP contribution < -0.4 is 17.0 Å². The van der Waals surface area contributed by atoms with E-state index < -0.39 is 6.04 Å². The number of amides is 1. The molecule has 4 rings (SSSR count). The second-order valence-corrected chi connectivity index (χ2v) is 9.30. The highest BCUT2D eigenvalue weighted by Crippen LogP contribution is 2.31. The molecular formula is C21H29N9O2S. The van der Waals surface area contributed by atoms with Gasteiger partial charge in [-0.1, -0.05) is 6.07 Å². The molecule has 0 aromatic carbocycles. The maximum Gasteiger partial charge on any atom is 0.275 e. The molecule has 1 atom stereocenters. The number of nitrogens with zero attached hydrogens (tertiary/aromatic N) is 6. The number of anilines is 1. The van der Waals surface area contributed by atoms with Gasteiger partial charge in [-0.15, -0.1) is 0 Å². The Balaban J connectivity index is 1.43. The number of rotatable bonds is 7. The molecule has 1 saturated heterocycles. The molecule has 176 valence electrons. The van der Waals surface area contributed by atoms with Crippen molar-refractivity contribution in [1.82, 2.24) is 23.6 Å². The van der Waals surface area contributed by atoms with Gasteiger partial charge in [-0.05, 0) is 49.1 Å². The van der Waals surface area contributed by atoms with Crippen LogP contribution in [-0.4, -0.2) is 66.2 Å². The second-order valence-electron chi connectivity index (χ2n) is 8.11. The van der Waals surface area contributed by atoms with Gasteiger partial charge in [-0.2, -0.15) is 5.10 Å². The van der Waals surface area contributed by atoms with Gasteiger partial charge in [-0.3, -0.25) is 14.8 Å². The van der Waals surface area contributed by atoms with Gasteiger partial charge in [0.25, 0.3) is 5.91 Å². The fourth-order valence-corrected chi connectivity index (χ4v) is 4.88. The Kier molecular flexibility index (Phi) is 7.40. The molecule has 2 aliphatic rings. The maximum absolute atomic E-state index is 12.8. The smallest absolute Gasteiger partial charge is 0.275 e. The van der Waals surface area contributed by atoms with Crippen LogP contribution in [0.1, 0.15) is 47.1 Å². The van der Waals surface area contributed by atoms with Crippen LogP contribution in [0.15, 0.2) is 35.6 Å². The zero-order chi connectivity index (χ0) is 23.4. The van der Waals surface area contributed by atoms with Crippen molar-refractivity contribution in [3.63, 3.8) is 0 Å². The standard InChI is InChI=1S/C21H29N9O2S/c1-14(13-31)30(23)20(27-22)17-5-4-6-19(25-17)26-21(32)18-9-15-11-29(12-16(15)10-24-18)33-28-7-2-3-8-28/h4-6,9-10,14,31H,2-3,7-8,11-13,22-23H2,1H3,(H,25,26,32)/b27-20-. The first kappa shape index (κ1) is 23.4. The van der Waals surface area contributed by atoms with E-state index in [4.69, 9.17) is 11.7 Å². The number of aliphatic hydroxyl groups is 1. The molecular weight excluding hydrogens is 442 g/mol. The summed E-state index contributed by atoms with van der Waals surface area (Å²) < 4.78 is 4.68. The summed E-state index contributed by atoms with van der Waals surface area (Å²) in [5, 5.41) is 17.1. The molecule has 0 saturated carbocycles. The van der Waals surface area contributed by atoms with E-state index in [1.54, 1.807) is 43.5 Å². The number of aliphatic hydroxyl groups excluding tert-OH is 1. The Hall–Kier alpha value is -2.77. The Bertz CT molecular complexity index is 1030. The molecule has 12 heteroatoms. The molecule has 2 aromatic rings. The molecule has 1 amide bonds. The van der Waals surface area contributed by atoms with Crippen LogP contribution in [0, 0.1) is 0 Å². The summed E-state index contributed by atoms with van der Waals surface area (Å²) in [6, 6.07) is 6.48. The minimum atomic E-state index is -0.411. The van der Waals surface area contributed by atoms with Crippen molar-refractivity contribution < 1.29 is 9.90 Å². The van der Waals surface area contributed by atoms with Gasteiger partial charge in [0.05, 0.1) is 12.6 Å². The van der Waals surface area contributed by atoms with E-state index in [0.29, 0.717) is 17.2 Å². The minimum Gasteiger partial charge on any atom is -0.394 e. The van der Waals surface area contributed by atoms with Crippen LogP contribution in [-0.2, 0) is 13.1 Å². The third kappa shape index (κ3) is 5.42. The zero-order valence-corrected chi connectivity index (χ0v) is 19.3. The first-order chi connectivity index (χ1) is 16.0. The highest BCUT2D eigenvalue weighted by atomic mass is 32.2. The number of amidine groups is 1. The molecule has 11 nitrogen and oxygen atoms in total. The SMILES string of the molecule is CC(CO)N(N)/C(=N\N)c1cccc(NC(=O)c2cc3c(cn2)CN(SN2CCCC2)C3)n1. The third-order valence-corrected chi connectivity index (χ3v) is 6.72. The number of carbonyl (C=O) groups is 1. The highest BCUT2D eigenvalue weighted by Gasteiger charge is 2.25. The lowest BCUT2D eigenvalue weighted by molar-refractivity contribution is 0.102. The van der Waals surface area contributed by atoms with Crippen LogP contribution in [0.5, 0.6) is 0 Å². The number of nitrogens with one attached hydrogen (secondary N) is 1. The number of fused-ring (bicyclic) bond motifs is 1. The van der Waals surface area contributed by atoms with Gasteiger partial charge in [0.1, 0.15) is 17.2 Å². The van der Waals surface area contributed by atoms with Crippen molar-refractivity contribution in [3.05, 3.63) is 53.0 Å². The van der Waals surface area contributed by atoms with Gasteiger partial charge in [0.15, 0.2) is 5.84 Å². The van der Waals surface area contributed by atoms with E-state index in [9.17, 15) is 9.90 Å². The minimum absolute atomic E-state index is 0.177. The molecule has 2 aromatic heterocycles. The van der Waals surface area contributed by atoms with Crippen LogP contribution in [0.2, 0.25) is 0 Å². The predicted molar refractivity (Wildman–Crippen MR) is 127 cm³/mol. The number of hydrazone groups is 1. The summed E-state index contributed by atoms with van der Waals surface area (Å²) in [7, 11) is 0. The number of pyridine rings is 2. The Morgan fingerprint density at radius 3 is 2.76 bits per heavy atom. The lowest BCUT2D eigenvalue weighted by atomic mass is 10.1. The van der Waals surface area contributed by atoms with E-state index in [0.717, 1.165) is 37.3 Å². The Morgan fingerprint density at radius 2 is 2.03 bits per heavy atom. The quantitative estimate of drug-likeness (QED) is 0.151. The number of hydrogen-bond acceptors (Lipinski definition) is 10. The van der Waals surface area contributed by atoms with Gasteiger partial charge < -0.3 is 16.3 Å². The summed E-state index contributed by atoms with van der Waals surface area (Å²) in [5.41, 5.74) is 2.95. The third-order valence-electron chi connectivity index (χ3n) is 5.63. The molecule has 2 aliphatic heterocycles. The summed E-state index contributed by atoms with van der Waals surface area (Å²) >= 11 is 1.78. The fourth-order valence-electron chi connectivity index (χ4n) is 3.74. The van der Waals surface area contributed by atoms with Gasteiger partial charge in [-0.25, -0.2) is 19.4 Å². The van der Waals surface area contributed by atoms with Crippen molar-refractivity contribution in [2.75, 3.05) is 25.0 Å². The van der Waals surface area contributed by atoms with E-state index in [1.807, 2.05) is 6.07 Å². The van der Waals surface area contributed by atoms with E-state index in [2.05, 4.69) is 29.0 Å². The number of nitrogens with two attached hydrogens (primary N) is 2. The molecule has 0 bridgehead atoms. The largest absolute Gasteiger partial charge is 0.394 e. The molecule has 1 unspecified atom stereocenters. The van der Waals surface area contributed by atoms with Gasteiger partial charge in [0, 0.05) is 44.5 Å². The number of hydrogen-bond donors (Lipinski definition) is 4. The molecule has 0 aliphatic carbocycles. The average Bonchev–Trinajstić information content (AvgIpc) is 3.48. The number of hydrazine groups is 1. The Labute approximate surface area is 197 Å². The summed E-state index contributed by atoms with van der Waals surface area (Å²) in [5.74, 6) is 11.6. The summed E-state index contributed by atoms with van der Waals surface area (Å²) in [6.45, 7) is 5.38. The topological polar surface area (TPSA) is 149 Å². The average molecular weight is 472 g/mol. The van der Waals surface area contributed by atoms with Crippen molar-refractivity contribution in [1.29, 1.82) is 0 Å². The second kappa shape index (κ2) is 10.4. The molecule has 33 heavy (non-hydrogen) atoms. The van der Waals surface area contributed by atoms with Crippen LogP contribution in [0.3, 0.4) is 0 Å². The first-order valence-corrected chi connectivity index (χ1v) is 11.6. The zero-order valence-electron chi connectivity index (χ0n) is 18.5. The molecule has 6 N–H and O–H groups in total. The number of aromatic nitrogens is 2. The van der Waals surface area contributed by atoms with E-state index in [1.165, 1.54) is 17.9 Å². The van der Waals surface area contributed by atoms with Crippen molar-refractivity contribution in [2.24, 2.45) is 16.8 Å². The highest BCUT2D eigenvalue weighted by molar-refractivity contribution is 7.94. The molecule has 4 heterocycles. The first-order valence-electron chi connectivity index (χ1n) is 10.9. The van der Waals surface area contributed by atoms with E-state index >= 15 is 0 Å². The Morgan fingerprint density at radius 1 is 1.27 bits per heavy atom. The van der Waals surface area contributed by atoms with Gasteiger partial charge in [0.2, 0.25) is 0 Å². The molecule has 0 radical (unpaired) electrons. The molecule has 1 fully saturated rings. The van der Waals surface area contributed by atoms with Crippen molar-refractivity contribution in [3.8, 4) is 0 Å². The van der Waals surface area contributed by atoms with Crippen molar-refractivity contribution >= 4 is 29.7 Å². The number of carbonyl (C=O) groups excluding carboxylic acids is 1. The van der Waals surface area contributed by atoms with E-state index in [-0.39, 0.29) is 18.3 Å². The maximum atomic E-state index is 12.8. The van der Waals surface area contributed by atoms with Crippen LogP contribution in [0.25, 0.3) is 0 Å². The lowest BCUT2D eigenvalue weighted by Gasteiger charge is -2.25. The van der Waals surface area contributed by atoms with Crippen molar-refractivity contribution in [2.45, 2.75) is 38.9 Å². The lowest BCUT2D eigenvalue weighted by Crippen LogP contribution is -2.47. The van der Waals surface area contributed by atoms with Crippen LogP contribution in [0.4, 0.5) is 5.82 Å². The summed E-state index contributed by atoms with van der Waals surface area (Å²) in [4.78, 5) is 21.6.